The number of amides is 1. The van der Waals surface area contributed by atoms with Gasteiger partial charge in [-0.3, -0.25) is 9.69 Å². The summed E-state index contributed by atoms with van der Waals surface area (Å²) in [6, 6.07) is 7.83. The van der Waals surface area contributed by atoms with Crippen molar-refractivity contribution in [3.05, 3.63) is 29.8 Å². The van der Waals surface area contributed by atoms with Crippen molar-refractivity contribution in [3.8, 4) is 5.75 Å². The maximum atomic E-state index is 11.9. The van der Waals surface area contributed by atoms with E-state index in [1.165, 1.54) is 0 Å². The van der Waals surface area contributed by atoms with E-state index in [9.17, 15) is 4.79 Å². The van der Waals surface area contributed by atoms with Crippen LogP contribution >= 0.6 is 24.0 Å². The summed E-state index contributed by atoms with van der Waals surface area (Å²) < 4.78 is 10.6. The van der Waals surface area contributed by atoms with Gasteiger partial charge >= 0.3 is 0 Å². The molecule has 8 nitrogen and oxygen atoms in total. The average Bonchev–Trinajstić information content (AvgIpc) is 2.73. The second kappa shape index (κ2) is 14.4. The number of ether oxygens (including phenoxy) is 2. The summed E-state index contributed by atoms with van der Waals surface area (Å²) in [5.74, 6) is 1.45. The van der Waals surface area contributed by atoms with Crippen molar-refractivity contribution < 1.29 is 14.3 Å². The summed E-state index contributed by atoms with van der Waals surface area (Å²) in [6.07, 6.45) is 1.00. The number of carbonyl (C=O) groups is 1. The highest BCUT2D eigenvalue weighted by atomic mass is 127. The van der Waals surface area contributed by atoms with Crippen molar-refractivity contribution >= 4 is 35.8 Å². The van der Waals surface area contributed by atoms with Crippen molar-refractivity contribution in [1.29, 1.82) is 0 Å². The van der Waals surface area contributed by atoms with Crippen LogP contribution in [-0.2, 0) is 16.1 Å². The van der Waals surface area contributed by atoms with Crippen LogP contribution in [0.25, 0.3) is 0 Å². The molecule has 2 rings (SSSR count). The minimum atomic E-state index is 0. The first-order valence-electron chi connectivity index (χ1n) is 9.74. The molecule has 1 aliphatic rings. The lowest BCUT2D eigenvalue weighted by molar-refractivity contribution is -0.127. The number of hydrogen-bond donors (Lipinski definition) is 2. The van der Waals surface area contributed by atoms with Crippen LogP contribution in [0.1, 0.15) is 12.0 Å². The third-order valence-corrected chi connectivity index (χ3v) is 4.51. The number of methoxy groups -OCH3 is 1. The maximum Gasteiger partial charge on any atom is 0.241 e. The molecule has 1 fully saturated rings. The van der Waals surface area contributed by atoms with Gasteiger partial charge in [0.15, 0.2) is 5.96 Å². The van der Waals surface area contributed by atoms with Gasteiger partial charge < -0.3 is 25.0 Å². The van der Waals surface area contributed by atoms with Crippen LogP contribution in [0.3, 0.4) is 0 Å². The topological polar surface area (TPSA) is 78.4 Å². The first-order chi connectivity index (χ1) is 13.6. The fourth-order valence-corrected chi connectivity index (χ4v) is 2.77. The van der Waals surface area contributed by atoms with Crippen molar-refractivity contribution in [1.82, 2.24) is 20.4 Å². The highest BCUT2D eigenvalue weighted by Crippen LogP contribution is 2.13. The largest absolute Gasteiger partial charge is 0.497 e. The molecule has 0 atom stereocenters. The second-order valence-corrected chi connectivity index (χ2v) is 6.89. The van der Waals surface area contributed by atoms with E-state index in [0.29, 0.717) is 12.5 Å². The monoisotopic (exact) mass is 519 g/mol. The minimum absolute atomic E-state index is 0. The fourth-order valence-electron chi connectivity index (χ4n) is 2.77. The van der Waals surface area contributed by atoms with Gasteiger partial charge in [-0.05, 0) is 30.7 Å². The summed E-state index contributed by atoms with van der Waals surface area (Å²) >= 11 is 0. The van der Waals surface area contributed by atoms with E-state index in [1.807, 2.05) is 24.3 Å². The van der Waals surface area contributed by atoms with Crippen molar-refractivity contribution in [3.63, 3.8) is 0 Å². The Bertz CT molecular complexity index is 636. The third kappa shape index (κ3) is 10.1. The molecule has 0 spiro atoms. The summed E-state index contributed by atoms with van der Waals surface area (Å²) in [5.41, 5.74) is 1.05. The SMILES string of the molecule is COc1cccc(CN=C(NCCCN2CCOCC2)NCC(=O)N(C)C)c1.I. The van der Waals surface area contributed by atoms with E-state index in [-0.39, 0.29) is 36.4 Å². The lowest BCUT2D eigenvalue weighted by Gasteiger charge is -2.26. The zero-order valence-electron chi connectivity index (χ0n) is 17.6. The van der Waals surface area contributed by atoms with E-state index in [1.54, 1.807) is 26.1 Å². The van der Waals surface area contributed by atoms with Gasteiger partial charge in [0.25, 0.3) is 0 Å². The summed E-state index contributed by atoms with van der Waals surface area (Å²) in [7, 11) is 5.14. The van der Waals surface area contributed by atoms with E-state index in [2.05, 4.69) is 20.5 Å². The van der Waals surface area contributed by atoms with Crippen LogP contribution in [0.15, 0.2) is 29.3 Å². The number of benzene rings is 1. The van der Waals surface area contributed by atoms with Crippen LogP contribution in [-0.4, -0.2) is 88.8 Å². The van der Waals surface area contributed by atoms with Crippen LogP contribution in [0.2, 0.25) is 0 Å². The van der Waals surface area contributed by atoms with Gasteiger partial charge in [0.2, 0.25) is 5.91 Å². The number of likely N-dealkylation sites (N-methyl/N-ethyl adjacent to an activating group) is 1. The van der Waals surface area contributed by atoms with E-state index in [0.717, 1.165) is 57.1 Å². The lowest BCUT2D eigenvalue weighted by Crippen LogP contribution is -2.44. The number of aliphatic imine (C=N–C) groups is 1. The lowest BCUT2D eigenvalue weighted by atomic mass is 10.2. The molecule has 1 aromatic carbocycles. The van der Waals surface area contributed by atoms with Crippen LogP contribution in [0.4, 0.5) is 0 Å². The van der Waals surface area contributed by atoms with Crippen molar-refractivity contribution in [2.45, 2.75) is 13.0 Å². The summed E-state index contributed by atoms with van der Waals surface area (Å²) in [6.45, 7) is 6.14. The van der Waals surface area contributed by atoms with Crippen molar-refractivity contribution in [2.24, 2.45) is 4.99 Å². The van der Waals surface area contributed by atoms with Gasteiger partial charge in [-0.1, -0.05) is 12.1 Å². The molecule has 9 heteroatoms. The molecule has 29 heavy (non-hydrogen) atoms. The molecule has 2 N–H and O–H groups in total. The molecule has 164 valence electrons. The number of rotatable bonds is 9. The Morgan fingerprint density at radius 1 is 1.28 bits per heavy atom. The number of carbonyl (C=O) groups excluding carboxylic acids is 1. The van der Waals surface area contributed by atoms with E-state index >= 15 is 0 Å². The Morgan fingerprint density at radius 2 is 2.03 bits per heavy atom. The molecule has 1 amide bonds. The Hall–Kier alpha value is -1.59. The molecule has 0 radical (unpaired) electrons. The number of nitrogens with zero attached hydrogens (tertiary/aromatic N) is 3. The highest BCUT2D eigenvalue weighted by Gasteiger charge is 2.10. The Labute approximate surface area is 191 Å². The number of halogens is 1. The third-order valence-electron chi connectivity index (χ3n) is 4.51. The molecular formula is C20H34IN5O3. The van der Waals surface area contributed by atoms with E-state index in [4.69, 9.17) is 9.47 Å². The van der Waals surface area contributed by atoms with Gasteiger partial charge in [-0.25, -0.2) is 4.99 Å². The highest BCUT2D eigenvalue weighted by molar-refractivity contribution is 14.0. The smallest absolute Gasteiger partial charge is 0.241 e. The number of hydrogen-bond acceptors (Lipinski definition) is 5. The zero-order valence-corrected chi connectivity index (χ0v) is 20.0. The molecule has 1 aromatic rings. The summed E-state index contributed by atoms with van der Waals surface area (Å²) in [5, 5.41) is 6.45. The quantitative estimate of drug-likeness (QED) is 0.221. The normalized spacial score (nSPS) is 14.7. The predicted octanol–water partition coefficient (Wildman–Crippen LogP) is 1.16. The number of morpholine rings is 1. The van der Waals surface area contributed by atoms with Gasteiger partial charge in [-0.15, -0.1) is 24.0 Å². The fraction of sp³-hybridized carbons (Fsp3) is 0.600. The van der Waals surface area contributed by atoms with Crippen molar-refractivity contribution in [2.75, 3.05) is 67.1 Å². The predicted molar refractivity (Wildman–Crippen MR) is 126 cm³/mol. The zero-order chi connectivity index (χ0) is 20.2. The minimum Gasteiger partial charge on any atom is -0.497 e. The Kier molecular flexibility index (Phi) is 12.6. The molecule has 0 saturated carbocycles. The van der Waals surface area contributed by atoms with Gasteiger partial charge in [0, 0.05) is 33.7 Å². The molecular weight excluding hydrogens is 485 g/mol. The summed E-state index contributed by atoms with van der Waals surface area (Å²) in [4.78, 5) is 20.5. The van der Waals surface area contributed by atoms with E-state index < -0.39 is 0 Å². The van der Waals surface area contributed by atoms with Crippen LogP contribution < -0.4 is 15.4 Å². The number of guanidine groups is 1. The van der Waals surface area contributed by atoms with Crippen LogP contribution in [0.5, 0.6) is 5.75 Å². The first kappa shape index (κ1) is 25.4. The Morgan fingerprint density at radius 3 is 2.72 bits per heavy atom. The van der Waals surface area contributed by atoms with Gasteiger partial charge in [0.1, 0.15) is 5.75 Å². The van der Waals surface area contributed by atoms with Gasteiger partial charge in [-0.2, -0.15) is 0 Å². The molecule has 0 aromatic heterocycles. The van der Waals surface area contributed by atoms with Crippen LogP contribution in [0, 0.1) is 0 Å². The Balaban J connectivity index is 0.00000420. The average molecular weight is 519 g/mol. The molecule has 0 unspecified atom stereocenters. The maximum absolute atomic E-state index is 11.9. The number of nitrogens with one attached hydrogen (secondary N) is 2. The first-order valence-corrected chi connectivity index (χ1v) is 9.74. The molecule has 0 aliphatic carbocycles. The molecule has 0 bridgehead atoms. The molecule has 1 heterocycles. The molecule has 1 saturated heterocycles. The molecule has 1 aliphatic heterocycles. The second-order valence-electron chi connectivity index (χ2n) is 6.89. The standard InChI is InChI=1S/C20H33N5O3.HI/c1-24(2)19(26)16-23-20(21-8-5-9-25-10-12-28-13-11-25)22-15-17-6-4-7-18(14-17)27-3;/h4,6-7,14H,5,8-13,15-16H2,1-3H3,(H2,21,22,23);1H. The van der Waals surface area contributed by atoms with Gasteiger partial charge in [0.05, 0.1) is 33.4 Å².